The molecule has 2 aromatic rings. The molecule has 0 unspecified atom stereocenters. The molecule has 0 saturated heterocycles. The maximum Gasteiger partial charge on any atom is 0.348 e. The summed E-state index contributed by atoms with van der Waals surface area (Å²) >= 11 is 7.22. The van der Waals surface area contributed by atoms with Crippen molar-refractivity contribution in [3.05, 3.63) is 51.0 Å². The smallest absolute Gasteiger partial charge is 0.348 e. The van der Waals surface area contributed by atoms with Crippen LogP contribution in [0, 0.1) is 0 Å². The Kier molecular flexibility index (Phi) is 6.93. The normalized spacial score (nSPS) is 13.3. The molecule has 6 nitrogen and oxygen atoms in total. The van der Waals surface area contributed by atoms with Crippen LogP contribution in [0.4, 0.5) is 5.69 Å². The highest BCUT2D eigenvalue weighted by Crippen LogP contribution is 2.28. The number of benzene rings is 1. The number of amides is 1. The van der Waals surface area contributed by atoms with Gasteiger partial charge in [-0.15, -0.1) is 0 Å². The van der Waals surface area contributed by atoms with Gasteiger partial charge in [-0.2, -0.15) is 4.98 Å². The van der Waals surface area contributed by atoms with Crippen LogP contribution in [-0.4, -0.2) is 32.9 Å². The van der Waals surface area contributed by atoms with Gasteiger partial charge in [0.2, 0.25) is 5.91 Å². The van der Waals surface area contributed by atoms with Gasteiger partial charge in [-0.3, -0.25) is 9.36 Å². The van der Waals surface area contributed by atoms with Gasteiger partial charge in [-0.1, -0.05) is 29.4 Å². The van der Waals surface area contributed by atoms with Crippen molar-refractivity contribution in [3.63, 3.8) is 0 Å². The van der Waals surface area contributed by atoms with Crippen molar-refractivity contribution >= 4 is 35.0 Å². The first-order valence-corrected chi connectivity index (χ1v) is 10.4. The van der Waals surface area contributed by atoms with Crippen molar-refractivity contribution < 1.29 is 9.90 Å². The number of aliphatic hydroxyl groups is 1. The molecule has 0 fully saturated rings. The van der Waals surface area contributed by atoms with E-state index < -0.39 is 0 Å². The lowest BCUT2D eigenvalue weighted by Gasteiger charge is -2.22. The van der Waals surface area contributed by atoms with E-state index in [-0.39, 0.29) is 24.0 Å². The van der Waals surface area contributed by atoms with Crippen LogP contribution >= 0.6 is 23.4 Å². The zero-order chi connectivity index (χ0) is 19.2. The molecule has 1 aromatic carbocycles. The second-order valence-corrected chi connectivity index (χ2v) is 7.81. The summed E-state index contributed by atoms with van der Waals surface area (Å²) in [4.78, 5) is 28.9. The van der Waals surface area contributed by atoms with Gasteiger partial charge in [-0.25, -0.2) is 4.79 Å². The molecular formula is C19H22ClN3O3S. The SMILES string of the molecule is O=C(CSc1nc(=O)n(CCCO)c2c1CCCC2)Nc1cccc(Cl)c1. The molecule has 0 spiro atoms. The maximum absolute atomic E-state index is 12.4. The molecular weight excluding hydrogens is 386 g/mol. The first-order valence-electron chi connectivity index (χ1n) is 9.00. The zero-order valence-electron chi connectivity index (χ0n) is 14.9. The number of carbonyl (C=O) groups is 1. The number of aliphatic hydroxyl groups excluding tert-OH is 1. The number of hydrogen-bond acceptors (Lipinski definition) is 5. The molecule has 2 N–H and O–H groups in total. The number of nitrogens with zero attached hydrogens (tertiary/aromatic N) is 2. The Bertz CT molecular complexity index is 885. The Morgan fingerprint density at radius 1 is 1.33 bits per heavy atom. The number of aromatic nitrogens is 2. The fraction of sp³-hybridized carbons (Fsp3) is 0.421. The molecule has 27 heavy (non-hydrogen) atoms. The summed E-state index contributed by atoms with van der Waals surface area (Å²) in [7, 11) is 0. The van der Waals surface area contributed by atoms with Crippen molar-refractivity contribution in [1.29, 1.82) is 0 Å². The highest BCUT2D eigenvalue weighted by molar-refractivity contribution is 8.00. The molecule has 1 aliphatic carbocycles. The quantitative estimate of drug-likeness (QED) is 0.544. The molecule has 1 heterocycles. The van der Waals surface area contributed by atoms with Crippen molar-refractivity contribution in [2.45, 2.75) is 43.7 Å². The lowest BCUT2D eigenvalue weighted by molar-refractivity contribution is -0.113. The molecule has 0 atom stereocenters. The van der Waals surface area contributed by atoms with Crippen LogP contribution in [0.3, 0.4) is 0 Å². The van der Waals surface area contributed by atoms with E-state index in [9.17, 15) is 9.59 Å². The highest BCUT2D eigenvalue weighted by Gasteiger charge is 2.21. The third-order valence-electron chi connectivity index (χ3n) is 4.44. The zero-order valence-corrected chi connectivity index (χ0v) is 16.5. The fourth-order valence-corrected chi connectivity index (χ4v) is 4.29. The minimum Gasteiger partial charge on any atom is -0.396 e. The molecule has 1 aliphatic rings. The van der Waals surface area contributed by atoms with E-state index >= 15 is 0 Å². The molecule has 3 rings (SSSR count). The van der Waals surface area contributed by atoms with Gasteiger partial charge >= 0.3 is 5.69 Å². The Morgan fingerprint density at radius 2 is 2.15 bits per heavy atom. The van der Waals surface area contributed by atoms with Crippen molar-refractivity contribution in [3.8, 4) is 0 Å². The summed E-state index contributed by atoms with van der Waals surface area (Å²) in [5.41, 5.74) is 2.41. The average Bonchev–Trinajstić information content (AvgIpc) is 2.65. The van der Waals surface area contributed by atoms with Crippen LogP contribution in [0.15, 0.2) is 34.1 Å². The number of hydrogen-bond donors (Lipinski definition) is 2. The Balaban J connectivity index is 1.74. The average molecular weight is 408 g/mol. The predicted molar refractivity (Wildman–Crippen MR) is 108 cm³/mol. The summed E-state index contributed by atoms with van der Waals surface area (Å²) < 4.78 is 1.68. The second-order valence-electron chi connectivity index (χ2n) is 6.41. The van der Waals surface area contributed by atoms with E-state index in [4.69, 9.17) is 16.7 Å². The topological polar surface area (TPSA) is 84.2 Å². The number of nitrogens with one attached hydrogen (secondary N) is 1. The molecule has 0 radical (unpaired) electrons. The summed E-state index contributed by atoms with van der Waals surface area (Å²) in [6.45, 7) is 0.520. The minimum absolute atomic E-state index is 0.0430. The maximum atomic E-state index is 12.4. The molecule has 1 aromatic heterocycles. The van der Waals surface area contributed by atoms with E-state index in [1.54, 1.807) is 28.8 Å². The highest BCUT2D eigenvalue weighted by atomic mass is 35.5. The minimum atomic E-state index is -0.304. The lowest BCUT2D eigenvalue weighted by Crippen LogP contribution is -2.30. The summed E-state index contributed by atoms with van der Waals surface area (Å²) in [5.74, 6) is 0.00423. The standard InChI is InChI=1S/C19H22ClN3O3S/c20-13-5-3-6-14(11-13)21-17(25)12-27-18-15-7-1-2-8-16(15)23(9-4-10-24)19(26)22-18/h3,5-6,11,24H,1-2,4,7-10,12H2,(H,21,25). The number of carbonyl (C=O) groups excluding carboxylic acids is 1. The van der Waals surface area contributed by atoms with Crippen molar-refractivity contribution in [2.24, 2.45) is 0 Å². The number of thioether (sulfide) groups is 1. The molecule has 144 valence electrons. The third-order valence-corrected chi connectivity index (χ3v) is 5.69. The molecule has 0 aliphatic heterocycles. The number of halogens is 1. The molecule has 1 amide bonds. The van der Waals surface area contributed by atoms with Crippen LogP contribution in [-0.2, 0) is 24.2 Å². The van der Waals surface area contributed by atoms with Gasteiger partial charge in [-0.05, 0) is 50.3 Å². The van der Waals surface area contributed by atoms with E-state index in [1.807, 2.05) is 0 Å². The number of anilines is 1. The van der Waals surface area contributed by atoms with Gasteiger partial charge in [0.25, 0.3) is 0 Å². The second kappa shape index (κ2) is 9.39. The van der Waals surface area contributed by atoms with Crippen LogP contribution in [0.1, 0.15) is 30.5 Å². The van der Waals surface area contributed by atoms with Gasteiger partial charge in [0.05, 0.1) is 5.75 Å². The van der Waals surface area contributed by atoms with Gasteiger partial charge in [0.15, 0.2) is 0 Å². The summed E-state index contributed by atoms with van der Waals surface area (Å²) in [5, 5.41) is 13.1. The largest absolute Gasteiger partial charge is 0.396 e. The van der Waals surface area contributed by atoms with E-state index in [1.165, 1.54) is 11.8 Å². The number of rotatable bonds is 7. The molecule has 0 bridgehead atoms. The van der Waals surface area contributed by atoms with E-state index in [2.05, 4.69) is 10.3 Å². The van der Waals surface area contributed by atoms with Crippen LogP contribution < -0.4 is 11.0 Å². The van der Waals surface area contributed by atoms with Crippen LogP contribution in [0.25, 0.3) is 0 Å². The summed E-state index contributed by atoms with van der Waals surface area (Å²) in [6, 6.07) is 6.98. The van der Waals surface area contributed by atoms with Crippen molar-refractivity contribution in [2.75, 3.05) is 17.7 Å². The number of fused-ring (bicyclic) bond motifs is 1. The van der Waals surface area contributed by atoms with Crippen molar-refractivity contribution in [1.82, 2.24) is 9.55 Å². The monoisotopic (exact) mass is 407 g/mol. The van der Waals surface area contributed by atoms with Crippen LogP contribution in [0.5, 0.6) is 0 Å². The predicted octanol–water partition coefficient (Wildman–Crippen LogP) is 2.89. The molecule has 8 heteroatoms. The molecule has 0 saturated carbocycles. The Labute approximate surface area is 167 Å². The van der Waals surface area contributed by atoms with Crippen LogP contribution in [0.2, 0.25) is 5.02 Å². The third kappa shape index (κ3) is 5.12. The van der Waals surface area contributed by atoms with E-state index in [0.717, 1.165) is 36.9 Å². The first kappa shape index (κ1) is 19.9. The fourth-order valence-electron chi connectivity index (χ4n) is 3.22. The van der Waals surface area contributed by atoms with Gasteiger partial charge in [0, 0.05) is 35.1 Å². The first-order chi connectivity index (χ1) is 13.1. The summed E-state index contributed by atoms with van der Waals surface area (Å²) in [6.07, 6.45) is 4.31. The van der Waals surface area contributed by atoms with E-state index in [0.29, 0.717) is 28.7 Å². The Morgan fingerprint density at radius 3 is 2.93 bits per heavy atom. The Hall–Kier alpha value is -1.83. The van der Waals surface area contributed by atoms with Gasteiger partial charge < -0.3 is 10.4 Å². The van der Waals surface area contributed by atoms with Gasteiger partial charge in [0.1, 0.15) is 5.03 Å². The lowest BCUT2D eigenvalue weighted by atomic mass is 9.97.